The summed E-state index contributed by atoms with van der Waals surface area (Å²) < 4.78 is 17.3. The molecular formula is C20H20N2O5S. The van der Waals surface area contributed by atoms with Crippen molar-refractivity contribution in [2.45, 2.75) is 0 Å². The average molecular weight is 400 g/mol. The molecule has 146 valence electrons. The molecule has 0 aliphatic carbocycles. The van der Waals surface area contributed by atoms with Gasteiger partial charge in [0.15, 0.2) is 11.5 Å². The first-order chi connectivity index (χ1) is 13.5. The van der Waals surface area contributed by atoms with Crippen LogP contribution < -0.4 is 9.47 Å². The van der Waals surface area contributed by atoms with Gasteiger partial charge in [-0.25, -0.2) is 9.79 Å². The first-order valence-electron chi connectivity index (χ1n) is 8.32. The summed E-state index contributed by atoms with van der Waals surface area (Å²) in [5.74, 6) is 0.276. The highest BCUT2D eigenvalue weighted by Crippen LogP contribution is 2.41. The van der Waals surface area contributed by atoms with Crippen LogP contribution in [0.15, 0.2) is 57.8 Å². The molecule has 0 saturated carbocycles. The van der Waals surface area contributed by atoms with E-state index in [1.54, 1.807) is 31.4 Å². The number of ether oxygens (including phenoxy) is 3. The lowest BCUT2D eigenvalue weighted by Gasteiger charge is -2.08. The molecule has 28 heavy (non-hydrogen) atoms. The number of rotatable bonds is 5. The first kappa shape index (κ1) is 19.6. The van der Waals surface area contributed by atoms with Crippen molar-refractivity contribution in [1.82, 2.24) is 4.57 Å². The number of hydrogen-bond acceptors (Lipinski definition) is 7. The fourth-order valence-electron chi connectivity index (χ4n) is 2.66. The number of nitrogens with zero attached hydrogens (tertiary/aromatic N) is 2. The van der Waals surface area contributed by atoms with Gasteiger partial charge in [-0.1, -0.05) is 11.8 Å². The van der Waals surface area contributed by atoms with E-state index in [9.17, 15) is 9.90 Å². The Morgan fingerprint density at radius 1 is 1.18 bits per heavy atom. The minimum absolute atomic E-state index is 0.0303. The van der Waals surface area contributed by atoms with E-state index in [4.69, 9.17) is 14.2 Å². The van der Waals surface area contributed by atoms with Gasteiger partial charge in [-0.05, 0) is 30.3 Å². The monoisotopic (exact) mass is 400 g/mol. The quantitative estimate of drug-likeness (QED) is 0.768. The Balaban J connectivity index is 2.05. The molecule has 8 heteroatoms. The second kappa shape index (κ2) is 8.26. The van der Waals surface area contributed by atoms with Gasteiger partial charge in [-0.2, -0.15) is 0 Å². The van der Waals surface area contributed by atoms with Gasteiger partial charge < -0.3 is 23.9 Å². The van der Waals surface area contributed by atoms with Crippen LogP contribution >= 0.6 is 11.8 Å². The first-order valence-corrected chi connectivity index (χ1v) is 9.14. The number of aliphatic hydroxyl groups is 1. The molecule has 3 rings (SSSR count). The molecule has 1 N–H and O–H groups in total. The van der Waals surface area contributed by atoms with Crippen molar-refractivity contribution in [3.63, 3.8) is 0 Å². The Labute approximate surface area is 166 Å². The third-order valence-corrected chi connectivity index (χ3v) is 5.16. The number of esters is 1. The largest absolute Gasteiger partial charge is 0.506 e. The summed E-state index contributed by atoms with van der Waals surface area (Å²) in [7, 11) is 6.24. The number of benzene rings is 1. The number of aliphatic hydroxyl groups excluding tert-OH is 1. The molecule has 7 nitrogen and oxygen atoms in total. The lowest BCUT2D eigenvalue weighted by Crippen LogP contribution is -2.10. The molecule has 2 aromatic rings. The lowest BCUT2D eigenvalue weighted by molar-refractivity contribution is -0.135. The van der Waals surface area contributed by atoms with Crippen molar-refractivity contribution in [1.29, 1.82) is 0 Å². The molecule has 0 radical (unpaired) electrons. The van der Waals surface area contributed by atoms with Gasteiger partial charge in [0.2, 0.25) is 0 Å². The van der Waals surface area contributed by atoms with Crippen molar-refractivity contribution >= 4 is 34.5 Å². The van der Waals surface area contributed by atoms with E-state index in [2.05, 4.69) is 4.99 Å². The van der Waals surface area contributed by atoms with Crippen molar-refractivity contribution in [3.8, 4) is 11.5 Å². The van der Waals surface area contributed by atoms with Crippen LogP contribution in [0.3, 0.4) is 0 Å². The SMILES string of the molecule is COC(=O)C1=C(O)/C(=C\c2cccn2C)SC1=Nc1ccc(OC)c(OC)c1. The van der Waals surface area contributed by atoms with Gasteiger partial charge in [0.05, 0.1) is 31.9 Å². The van der Waals surface area contributed by atoms with E-state index < -0.39 is 5.97 Å². The zero-order valence-corrected chi connectivity index (χ0v) is 16.7. The maximum Gasteiger partial charge on any atom is 0.344 e. The van der Waals surface area contributed by atoms with Gasteiger partial charge in [0.25, 0.3) is 0 Å². The number of thioether (sulfide) groups is 1. The van der Waals surface area contributed by atoms with Crippen LogP contribution in [-0.4, -0.2) is 42.0 Å². The van der Waals surface area contributed by atoms with E-state index in [1.807, 2.05) is 29.9 Å². The van der Waals surface area contributed by atoms with Crippen molar-refractivity contribution in [2.24, 2.45) is 12.0 Å². The molecule has 0 amide bonds. The van der Waals surface area contributed by atoms with Gasteiger partial charge in [-0.15, -0.1) is 0 Å². The maximum atomic E-state index is 12.3. The molecule has 1 aromatic carbocycles. The molecule has 0 spiro atoms. The summed E-state index contributed by atoms with van der Waals surface area (Å²) in [5, 5.41) is 11.0. The van der Waals surface area contributed by atoms with Gasteiger partial charge in [-0.3, -0.25) is 0 Å². The molecule has 1 aliphatic rings. The van der Waals surface area contributed by atoms with E-state index in [0.29, 0.717) is 27.1 Å². The molecule has 0 bridgehead atoms. The topological polar surface area (TPSA) is 82.3 Å². The highest BCUT2D eigenvalue weighted by Gasteiger charge is 2.33. The Morgan fingerprint density at radius 2 is 1.93 bits per heavy atom. The van der Waals surface area contributed by atoms with Crippen molar-refractivity contribution < 1.29 is 24.1 Å². The van der Waals surface area contributed by atoms with Crippen LogP contribution in [0.5, 0.6) is 11.5 Å². The van der Waals surface area contributed by atoms with Crippen LogP contribution in [0, 0.1) is 0 Å². The average Bonchev–Trinajstić information content (AvgIpc) is 3.24. The number of hydrogen-bond donors (Lipinski definition) is 1. The number of aryl methyl sites for hydroxylation is 1. The normalized spacial score (nSPS) is 16.7. The molecule has 0 fully saturated rings. The number of aromatic nitrogens is 1. The molecule has 2 heterocycles. The summed E-state index contributed by atoms with van der Waals surface area (Å²) in [6.07, 6.45) is 3.69. The summed E-state index contributed by atoms with van der Waals surface area (Å²) in [5.41, 5.74) is 1.46. The highest BCUT2D eigenvalue weighted by molar-refractivity contribution is 8.18. The Morgan fingerprint density at radius 3 is 2.54 bits per heavy atom. The van der Waals surface area contributed by atoms with E-state index in [-0.39, 0.29) is 11.3 Å². The van der Waals surface area contributed by atoms with Crippen molar-refractivity contribution in [3.05, 3.63) is 58.5 Å². The summed E-state index contributed by atoms with van der Waals surface area (Å²) in [4.78, 5) is 17.3. The van der Waals surface area contributed by atoms with E-state index in [0.717, 1.165) is 5.69 Å². The highest BCUT2D eigenvalue weighted by atomic mass is 32.2. The van der Waals surface area contributed by atoms with Crippen molar-refractivity contribution in [2.75, 3.05) is 21.3 Å². The number of methoxy groups -OCH3 is 3. The second-order valence-electron chi connectivity index (χ2n) is 5.83. The minimum Gasteiger partial charge on any atom is -0.506 e. The van der Waals surface area contributed by atoms with Crippen LogP contribution in [0.25, 0.3) is 6.08 Å². The van der Waals surface area contributed by atoms with Crippen LogP contribution in [0.1, 0.15) is 5.69 Å². The number of aliphatic imine (C=N–C) groups is 1. The lowest BCUT2D eigenvalue weighted by atomic mass is 10.2. The number of carbonyl (C=O) groups is 1. The van der Waals surface area contributed by atoms with Gasteiger partial charge in [0, 0.05) is 25.0 Å². The fourth-order valence-corrected chi connectivity index (χ4v) is 3.68. The summed E-state index contributed by atoms with van der Waals surface area (Å²) in [6, 6.07) is 8.95. The maximum absolute atomic E-state index is 12.3. The molecule has 0 unspecified atom stereocenters. The minimum atomic E-state index is -0.653. The molecule has 1 aliphatic heterocycles. The second-order valence-corrected chi connectivity index (χ2v) is 6.86. The summed E-state index contributed by atoms with van der Waals surface area (Å²) in [6.45, 7) is 0. The smallest absolute Gasteiger partial charge is 0.344 e. The Bertz CT molecular complexity index is 1000. The Hall–Kier alpha value is -3.13. The van der Waals surface area contributed by atoms with Crippen LogP contribution in [0.2, 0.25) is 0 Å². The molecule has 0 atom stereocenters. The van der Waals surface area contributed by atoms with Crippen LogP contribution in [-0.2, 0) is 16.6 Å². The van der Waals surface area contributed by atoms with E-state index in [1.165, 1.54) is 26.0 Å². The molecule has 1 aromatic heterocycles. The predicted octanol–water partition coefficient (Wildman–Crippen LogP) is 3.85. The standard InChI is InChI=1S/C20H20N2O5S/c1-22-9-5-6-13(22)11-16-18(23)17(20(24)27-4)19(28-16)21-12-7-8-14(25-2)15(10-12)26-3/h5-11,23H,1-4H3/b16-11+,21-19?. The molecule has 0 saturated heterocycles. The van der Waals surface area contributed by atoms with E-state index >= 15 is 0 Å². The zero-order valence-electron chi connectivity index (χ0n) is 15.9. The zero-order chi connectivity index (χ0) is 20.3. The predicted molar refractivity (Wildman–Crippen MR) is 109 cm³/mol. The third kappa shape index (κ3) is 3.77. The Kier molecular flexibility index (Phi) is 5.79. The fraction of sp³-hybridized carbons (Fsp3) is 0.200. The van der Waals surface area contributed by atoms with Gasteiger partial charge >= 0.3 is 5.97 Å². The molecular weight excluding hydrogens is 380 g/mol. The summed E-state index contributed by atoms with van der Waals surface area (Å²) >= 11 is 1.20. The van der Waals surface area contributed by atoms with Gasteiger partial charge in [0.1, 0.15) is 16.4 Å². The number of carbonyl (C=O) groups excluding carboxylic acids is 1. The third-order valence-electron chi connectivity index (χ3n) is 4.14. The van der Waals surface area contributed by atoms with Crippen LogP contribution in [0.4, 0.5) is 5.69 Å².